The van der Waals surface area contributed by atoms with Crippen LogP contribution in [0.1, 0.15) is 25.5 Å². The van der Waals surface area contributed by atoms with E-state index in [1.54, 1.807) is 6.20 Å². The minimum Gasteiger partial charge on any atom is -0.297 e. The zero-order chi connectivity index (χ0) is 10.7. The van der Waals surface area contributed by atoms with Gasteiger partial charge in [-0.1, -0.05) is 18.5 Å². The fourth-order valence-corrected chi connectivity index (χ4v) is 2.17. The third-order valence-electron chi connectivity index (χ3n) is 3.04. The summed E-state index contributed by atoms with van der Waals surface area (Å²) in [6.45, 7) is 5.65. The van der Waals surface area contributed by atoms with E-state index in [0.29, 0.717) is 0 Å². The molecule has 2 rings (SSSR count). The average Bonchev–Trinajstić information content (AvgIpc) is 2.22. The van der Waals surface area contributed by atoms with Gasteiger partial charge in [0, 0.05) is 17.8 Å². The third-order valence-corrected chi connectivity index (χ3v) is 3.28. The van der Waals surface area contributed by atoms with Gasteiger partial charge in [-0.15, -0.1) is 0 Å². The first-order chi connectivity index (χ1) is 7.24. The molecular formula is C12H17ClN2. The predicted octanol–water partition coefficient (Wildman–Crippen LogP) is 2.97. The van der Waals surface area contributed by atoms with Gasteiger partial charge in [-0.05, 0) is 44.0 Å². The monoisotopic (exact) mass is 224 g/mol. The Kier molecular flexibility index (Phi) is 3.60. The first-order valence-electron chi connectivity index (χ1n) is 5.57. The number of rotatable bonds is 2. The van der Waals surface area contributed by atoms with Gasteiger partial charge in [0.1, 0.15) is 0 Å². The molecule has 0 unspecified atom stereocenters. The molecule has 1 fully saturated rings. The highest BCUT2D eigenvalue weighted by molar-refractivity contribution is 6.30. The second-order valence-corrected chi connectivity index (χ2v) is 4.86. The van der Waals surface area contributed by atoms with Gasteiger partial charge in [0.2, 0.25) is 0 Å². The Morgan fingerprint density at radius 1 is 1.47 bits per heavy atom. The SMILES string of the molecule is CC1CCN(Cc2cc(Cl)ccn2)CC1. The van der Waals surface area contributed by atoms with Crippen molar-refractivity contribution in [1.82, 2.24) is 9.88 Å². The van der Waals surface area contributed by atoms with Gasteiger partial charge in [-0.3, -0.25) is 9.88 Å². The lowest BCUT2D eigenvalue weighted by molar-refractivity contribution is 0.183. The van der Waals surface area contributed by atoms with Crippen molar-refractivity contribution in [1.29, 1.82) is 0 Å². The van der Waals surface area contributed by atoms with E-state index in [0.717, 1.165) is 23.2 Å². The first-order valence-corrected chi connectivity index (χ1v) is 5.94. The molecule has 0 aromatic carbocycles. The Morgan fingerprint density at radius 3 is 2.87 bits per heavy atom. The van der Waals surface area contributed by atoms with Crippen LogP contribution in [0, 0.1) is 5.92 Å². The molecular weight excluding hydrogens is 208 g/mol. The Morgan fingerprint density at radius 2 is 2.20 bits per heavy atom. The van der Waals surface area contributed by atoms with Gasteiger partial charge in [-0.25, -0.2) is 0 Å². The smallest absolute Gasteiger partial charge is 0.0558 e. The van der Waals surface area contributed by atoms with Gasteiger partial charge < -0.3 is 0 Å². The molecule has 1 aromatic rings. The highest BCUT2D eigenvalue weighted by Crippen LogP contribution is 2.18. The number of hydrogen-bond donors (Lipinski definition) is 0. The Hall–Kier alpha value is -0.600. The number of piperidine rings is 1. The Bertz CT molecular complexity index is 319. The fourth-order valence-electron chi connectivity index (χ4n) is 1.98. The number of aromatic nitrogens is 1. The van der Waals surface area contributed by atoms with Crippen LogP contribution in [0.5, 0.6) is 0 Å². The third kappa shape index (κ3) is 3.18. The summed E-state index contributed by atoms with van der Waals surface area (Å²) in [4.78, 5) is 6.78. The van der Waals surface area contributed by atoms with E-state index in [2.05, 4.69) is 16.8 Å². The summed E-state index contributed by atoms with van der Waals surface area (Å²) in [5, 5.41) is 0.783. The molecule has 0 N–H and O–H groups in total. The van der Waals surface area contributed by atoms with Gasteiger partial charge >= 0.3 is 0 Å². The van der Waals surface area contributed by atoms with Crippen LogP contribution in [0.15, 0.2) is 18.3 Å². The molecule has 1 saturated heterocycles. The normalized spacial score (nSPS) is 19.3. The number of hydrogen-bond acceptors (Lipinski definition) is 2. The molecule has 2 heterocycles. The van der Waals surface area contributed by atoms with Crippen LogP contribution < -0.4 is 0 Å². The topological polar surface area (TPSA) is 16.1 Å². The lowest BCUT2D eigenvalue weighted by Crippen LogP contribution is -2.32. The summed E-state index contributed by atoms with van der Waals surface area (Å²) in [6.07, 6.45) is 4.39. The van der Waals surface area contributed by atoms with Crippen molar-refractivity contribution in [2.24, 2.45) is 5.92 Å². The predicted molar refractivity (Wildman–Crippen MR) is 62.9 cm³/mol. The van der Waals surface area contributed by atoms with E-state index in [1.807, 2.05) is 12.1 Å². The lowest BCUT2D eigenvalue weighted by Gasteiger charge is -2.29. The number of likely N-dealkylation sites (tertiary alicyclic amines) is 1. The highest BCUT2D eigenvalue weighted by atomic mass is 35.5. The van der Waals surface area contributed by atoms with Crippen LogP contribution >= 0.6 is 11.6 Å². The van der Waals surface area contributed by atoms with Gasteiger partial charge in [-0.2, -0.15) is 0 Å². The maximum atomic E-state index is 5.93. The van der Waals surface area contributed by atoms with Crippen molar-refractivity contribution >= 4 is 11.6 Å². The summed E-state index contributed by atoms with van der Waals surface area (Å²) in [7, 11) is 0. The standard InChI is InChI=1S/C12H17ClN2/c1-10-3-6-15(7-4-10)9-12-8-11(13)2-5-14-12/h2,5,8,10H,3-4,6-7,9H2,1H3. The molecule has 1 aliphatic rings. The van der Waals surface area contributed by atoms with Crippen molar-refractivity contribution in [3.63, 3.8) is 0 Å². The van der Waals surface area contributed by atoms with Crippen LogP contribution in [0.4, 0.5) is 0 Å². The van der Waals surface area contributed by atoms with Crippen LogP contribution in [0.3, 0.4) is 0 Å². The largest absolute Gasteiger partial charge is 0.297 e. The second-order valence-electron chi connectivity index (χ2n) is 4.42. The van der Waals surface area contributed by atoms with Crippen molar-refractivity contribution in [2.45, 2.75) is 26.3 Å². The lowest BCUT2D eigenvalue weighted by atomic mass is 9.99. The molecule has 0 amide bonds. The van der Waals surface area contributed by atoms with E-state index >= 15 is 0 Å². The maximum Gasteiger partial charge on any atom is 0.0558 e. The van der Waals surface area contributed by atoms with Crippen LogP contribution in [0.25, 0.3) is 0 Å². The summed E-state index contributed by atoms with van der Waals surface area (Å²) < 4.78 is 0. The molecule has 0 saturated carbocycles. The molecule has 15 heavy (non-hydrogen) atoms. The van der Waals surface area contributed by atoms with E-state index in [9.17, 15) is 0 Å². The van der Waals surface area contributed by atoms with E-state index in [4.69, 9.17) is 11.6 Å². The van der Waals surface area contributed by atoms with Crippen LogP contribution in [0.2, 0.25) is 5.02 Å². The molecule has 1 aliphatic heterocycles. The maximum absolute atomic E-state index is 5.93. The Balaban J connectivity index is 1.92. The average molecular weight is 225 g/mol. The first kappa shape index (κ1) is 10.9. The molecule has 0 atom stereocenters. The van der Waals surface area contributed by atoms with E-state index < -0.39 is 0 Å². The zero-order valence-electron chi connectivity index (χ0n) is 9.12. The second kappa shape index (κ2) is 4.95. The van der Waals surface area contributed by atoms with Crippen molar-refractivity contribution in [3.8, 4) is 0 Å². The number of nitrogens with zero attached hydrogens (tertiary/aromatic N) is 2. The summed E-state index contributed by atoms with van der Waals surface area (Å²) in [5.41, 5.74) is 1.08. The molecule has 0 bridgehead atoms. The van der Waals surface area contributed by atoms with E-state index in [1.165, 1.54) is 25.9 Å². The molecule has 3 heteroatoms. The van der Waals surface area contributed by atoms with Gasteiger partial charge in [0.15, 0.2) is 0 Å². The molecule has 0 radical (unpaired) electrons. The quantitative estimate of drug-likeness (QED) is 0.768. The molecule has 82 valence electrons. The summed E-state index contributed by atoms with van der Waals surface area (Å²) in [5.74, 6) is 0.883. The minimum absolute atomic E-state index is 0.783. The van der Waals surface area contributed by atoms with Crippen molar-refractivity contribution < 1.29 is 0 Å². The zero-order valence-corrected chi connectivity index (χ0v) is 9.87. The number of pyridine rings is 1. The fraction of sp³-hybridized carbons (Fsp3) is 0.583. The molecule has 2 nitrogen and oxygen atoms in total. The van der Waals surface area contributed by atoms with Crippen molar-refractivity contribution in [2.75, 3.05) is 13.1 Å². The van der Waals surface area contributed by atoms with E-state index in [-0.39, 0.29) is 0 Å². The van der Waals surface area contributed by atoms with Gasteiger partial charge in [0.25, 0.3) is 0 Å². The number of halogens is 1. The van der Waals surface area contributed by atoms with Crippen LogP contribution in [-0.4, -0.2) is 23.0 Å². The molecule has 1 aromatic heterocycles. The highest BCUT2D eigenvalue weighted by Gasteiger charge is 2.15. The van der Waals surface area contributed by atoms with Crippen molar-refractivity contribution in [3.05, 3.63) is 29.0 Å². The summed E-state index contributed by atoms with van der Waals surface area (Å²) >= 11 is 5.93. The Labute approximate surface area is 96.3 Å². The van der Waals surface area contributed by atoms with Crippen LogP contribution in [-0.2, 0) is 6.54 Å². The molecule has 0 spiro atoms. The van der Waals surface area contributed by atoms with Gasteiger partial charge in [0.05, 0.1) is 5.69 Å². The molecule has 0 aliphatic carbocycles. The minimum atomic E-state index is 0.783. The summed E-state index contributed by atoms with van der Waals surface area (Å²) in [6, 6.07) is 3.78.